The van der Waals surface area contributed by atoms with Gasteiger partial charge in [0.25, 0.3) is 0 Å². The monoisotopic (exact) mass is 465 g/mol. The van der Waals surface area contributed by atoms with E-state index in [-0.39, 0.29) is 12.0 Å². The number of nitrogens with one attached hydrogen (secondary N) is 1. The fourth-order valence-corrected chi connectivity index (χ4v) is 3.09. The lowest BCUT2D eigenvalue weighted by Crippen LogP contribution is -2.47. The average molecular weight is 465 g/mol. The van der Waals surface area contributed by atoms with Crippen LogP contribution in [0, 0.1) is 5.82 Å². The van der Waals surface area contributed by atoms with Gasteiger partial charge in [-0.25, -0.2) is 14.0 Å². The molecule has 0 radical (unpaired) electrons. The lowest BCUT2D eigenvalue weighted by Gasteiger charge is -2.32. The van der Waals surface area contributed by atoms with E-state index in [0.717, 1.165) is 0 Å². The van der Waals surface area contributed by atoms with Crippen LogP contribution in [0.1, 0.15) is 74.8 Å². The molecule has 1 heterocycles. The Labute approximate surface area is 196 Å². The second-order valence-corrected chi connectivity index (χ2v) is 11.4. The Balaban J connectivity index is 2.23. The van der Waals surface area contributed by atoms with Gasteiger partial charge in [0.05, 0.1) is 11.2 Å². The summed E-state index contributed by atoms with van der Waals surface area (Å²) >= 11 is 0. The molecule has 1 aromatic carbocycles. The first-order chi connectivity index (χ1) is 14.8. The van der Waals surface area contributed by atoms with E-state index in [0.29, 0.717) is 5.46 Å². The van der Waals surface area contributed by atoms with E-state index < -0.39 is 53.4 Å². The van der Waals surface area contributed by atoms with Gasteiger partial charge in [-0.1, -0.05) is 12.1 Å². The molecule has 1 aliphatic heterocycles. The third-order valence-corrected chi connectivity index (χ3v) is 5.41. The number of esters is 1. The highest BCUT2D eigenvalue weighted by Crippen LogP contribution is 2.36. The van der Waals surface area contributed by atoms with Crippen LogP contribution in [-0.4, -0.2) is 47.6 Å². The van der Waals surface area contributed by atoms with Crippen LogP contribution in [0.3, 0.4) is 0 Å². The summed E-state index contributed by atoms with van der Waals surface area (Å²) in [6.45, 7) is 18.0. The van der Waals surface area contributed by atoms with Crippen LogP contribution < -0.4 is 10.8 Å². The van der Waals surface area contributed by atoms with Crippen molar-refractivity contribution >= 4 is 24.6 Å². The fourth-order valence-electron chi connectivity index (χ4n) is 3.09. The molecule has 1 amide bonds. The Hall–Kier alpha value is -2.13. The van der Waals surface area contributed by atoms with Crippen molar-refractivity contribution in [3.63, 3.8) is 0 Å². The number of hydrogen-bond acceptors (Lipinski definition) is 6. The first kappa shape index (κ1) is 27.1. The van der Waals surface area contributed by atoms with Crippen molar-refractivity contribution in [2.75, 3.05) is 0 Å². The molecule has 0 unspecified atom stereocenters. The fraction of sp³-hybridized carbons (Fsp3) is 0.667. The molecule has 1 aliphatic rings. The maximum atomic E-state index is 15.1. The van der Waals surface area contributed by atoms with Gasteiger partial charge in [-0.3, -0.25) is 0 Å². The highest BCUT2D eigenvalue weighted by Gasteiger charge is 2.51. The summed E-state index contributed by atoms with van der Waals surface area (Å²) in [6, 6.07) is 3.46. The van der Waals surface area contributed by atoms with Crippen molar-refractivity contribution in [1.82, 2.24) is 5.32 Å². The minimum absolute atomic E-state index is 0.108. The molecule has 184 valence electrons. The van der Waals surface area contributed by atoms with E-state index in [4.69, 9.17) is 18.8 Å². The van der Waals surface area contributed by atoms with Gasteiger partial charge in [-0.05, 0) is 86.3 Å². The molecule has 0 spiro atoms. The van der Waals surface area contributed by atoms with Gasteiger partial charge >= 0.3 is 19.2 Å². The summed E-state index contributed by atoms with van der Waals surface area (Å²) in [7, 11) is -0.708. The predicted molar refractivity (Wildman–Crippen MR) is 125 cm³/mol. The smallest absolute Gasteiger partial charge is 0.458 e. The van der Waals surface area contributed by atoms with Gasteiger partial charge in [0.2, 0.25) is 0 Å². The molecular weight excluding hydrogens is 428 g/mol. The zero-order chi connectivity index (χ0) is 25.4. The van der Waals surface area contributed by atoms with E-state index in [1.54, 1.807) is 53.7 Å². The maximum Gasteiger partial charge on any atom is 0.494 e. The number of ether oxygens (including phenoxy) is 2. The van der Waals surface area contributed by atoms with Crippen LogP contribution in [0.5, 0.6) is 0 Å². The van der Waals surface area contributed by atoms with Gasteiger partial charge in [0.1, 0.15) is 23.1 Å². The first-order valence-corrected chi connectivity index (χ1v) is 11.2. The molecule has 1 aromatic rings. The van der Waals surface area contributed by atoms with Crippen molar-refractivity contribution < 1.29 is 32.8 Å². The molecule has 1 N–H and O–H groups in total. The number of carbonyl (C=O) groups is 2. The summed E-state index contributed by atoms with van der Waals surface area (Å²) in [5.74, 6) is -1.22. The van der Waals surface area contributed by atoms with Gasteiger partial charge in [-0.2, -0.15) is 0 Å². The largest absolute Gasteiger partial charge is 0.494 e. The average Bonchev–Trinajstić information content (AvgIpc) is 2.80. The zero-order valence-corrected chi connectivity index (χ0v) is 21.4. The standard InChI is InChI=1S/C24H37BFNO6/c1-21(2,3)30-19(28)18(27-20(29)31-22(4,5)6)13-15-11-12-16(14-17(15)26)25-32-23(7,8)24(9,10)33-25/h11-12,14,18H,13H2,1-10H3,(H,27,29)/t18-/m0/s1. The molecule has 0 aromatic heterocycles. The van der Waals surface area contributed by atoms with Crippen LogP contribution in [0.25, 0.3) is 0 Å². The summed E-state index contributed by atoms with van der Waals surface area (Å²) in [5.41, 5.74) is -1.86. The maximum absolute atomic E-state index is 15.1. The van der Waals surface area contributed by atoms with Crippen molar-refractivity contribution in [3.05, 3.63) is 29.6 Å². The Morgan fingerprint density at radius 2 is 1.52 bits per heavy atom. The Morgan fingerprint density at radius 3 is 1.97 bits per heavy atom. The second-order valence-electron chi connectivity index (χ2n) is 11.4. The molecule has 0 aliphatic carbocycles. The van der Waals surface area contributed by atoms with Gasteiger partial charge < -0.3 is 24.1 Å². The zero-order valence-electron chi connectivity index (χ0n) is 21.4. The van der Waals surface area contributed by atoms with Crippen LogP contribution in [-0.2, 0) is 30.0 Å². The molecular formula is C24H37BFNO6. The van der Waals surface area contributed by atoms with Crippen molar-refractivity contribution in [3.8, 4) is 0 Å². The minimum Gasteiger partial charge on any atom is -0.458 e. The molecule has 33 heavy (non-hydrogen) atoms. The second kappa shape index (κ2) is 9.26. The van der Waals surface area contributed by atoms with Crippen LogP contribution >= 0.6 is 0 Å². The number of amides is 1. The Morgan fingerprint density at radius 1 is 1.00 bits per heavy atom. The van der Waals surface area contributed by atoms with Crippen LogP contribution in [0.4, 0.5) is 9.18 Å². The van der Waals surface area contributed by atoms with E-state index in [9.17, 15) is 9.59 Å². The van der Waals surface area contributed by atoms with Crippen molar-refractivity contribution in [2.24, 2.45) is 0 Å². The van der Waals surface area contributed by atoms with Gasteiger partial charge in [-0.15, -0.1) is 0 Å². The minimum atomic E-state index is -1.13. The number of benzene rings is 1. The quantitative estimate of drug-likeness (QED) is 0.525. The number of carbonyl (C=O) groups excluding carboxylic acids is 2. The number of hydrogen-bond donors (Lipinski definition) is 1. The highest BCUT2D eigenvalue weighted by molar-refractivity contribution is 6.62. The first-order valence-electron chi connectivity index (χ1n) is 11.2. The molecule has 0 bridgehead atoms. The Kier molecular flexibility index (Phi) is 7.61. The molecule has 0 saturated carbocycles. The molecule has 1 fully saturated rings. The summed E-state index contributed by atoms with van der Waals surface area (Å²) < 4.78 is 37.7. The Bertz CT molecular complexity index is 872. The molecule has 2 rings (SSSR count). The summed E-state index contributed by atoms with van der Waals surface area (Å²) in [4.78, 5) is 25.0. The van der Waals surface area contributed by atoms with E-state index >= 15 is 4.39 Å². The predicted octanol–water partition coefficient (Wildman–Crippen LogP) is 3.90. The normalized spacial score (nSPS) is 18.6. The van der Waals surface area contributed by atoms with Crippen LogP contribution in [0.2, 0.25) is 0 Å². The van der Waals surface area contributed by atoms with E-state index in [1.165, 1.54) is 6.07 Å². The van der Waals surface area contributed by atoms with Crippen molar-refractivity contribution in [2.45, 2.75) is 104 Å². The number of rotatable bonds is 5. The van der Waals surface area contributed by atoms with Gasteiger partial charge in [0.15, 0.2) is 0 Å². The van der Waals surface area contributed by atoms with Crippen LogP contribution in [0.15, 0.2) is 18.2 Å². The van der Waals surface area contributed by atoms with Crippen molar-refractivity contribution in [1.29, 1.82) is 0 Å². The molecule has 1 saturated heterocycles. The molecule has 9 heteroatoms. The van der Waals surface area contributed by atoms with Gasteiger partial charge in [0, 0.05) is 6.42 Å². The topological polar surface area (TPSA) is 83.1 Å². The highest BCUT2D eigenvalue weighted by atomic mass is 19.1. The van der Waals surface area contributed by atoms with E-state index in [2.05, 4.69) is 5.32 Å². The molecule has 1 atom stereocenters. The summed E-state index contributed by atoms with van der Waals surface area (Å²) in [5, 5.41) is 2.51. The van der Waals surface area contributed by atoms with E-state index in [1.807, 2.05) is 27.7 Å². The lowest BCUT2D eigenvalue weighted by molar-refractivity contribution is -0.157. The molecule has 7 nitrogen and oxygen atoms in total. The third kappa shape index (κ3) is 7.44. The number of halogens is 1. The SMILES string of the molecule is CC(C)(C)OC(=O)N[C@@H](Cc1ccc(B2OC(C)(C)C(C)(C)O2)cc1F)C(=O)OC(C)(C)C. The third-order valence-electron chi connectivity index (χ3n) is 5.41. The summed E-state index contributed by atoms with van der Waals surface area (Å²) in [6.07, 6.45) is -0.892. The lowest BCUT2D eigenvalue weighted by atomic mass is 9.78. The number of alkyl carbamates (subject to hydrolysis) is 1.